The smallest absolute Gasteiger partial charge is 0.144 e. The molecule has 0 spiro atoms. The zero-order valence-corrected chi connectivity index (χ0v) is 21.5. The Morgan fingerprint density at radius 3 is 2.18 bits per heavy atom. The number of fused-ring (bicyclic) bond motifs is 3. The van der Waals surface area contributed by atoms with Crippen molar-refractivity contribution in [2.24, 2.45) is 5.41 Å². The number of rotatable bonds is 4. The standard InChI is InChI=1S/C36H33NO/c1-23-19-25(21-36(3,4)5)17-18-27(23)32-20-33(37-22-24(32)2)31-16-10-15-30-29-14-9-13-28(34(29)38-35(30)31)26-11-7-6-8-12-26/h6-20,22H,21H2,1-5H3/i1D3,2D3,18D,21D2. The molecule has 6 rings (SSSR count). The van der Waals surface area contributed by atoms with Gasteiger partial charge in [0.1, 0.15) is 11.2 Å². The molecular weight excluding hydrogens is 462 g/mol. The van der Waals surface area contributed by atoms with Gasteiger partial charge in [0.05, 0.1) is 7.06 Å². The quantitative estimate of drug-likeness (QED) is 0.239. The van der Waals surface area contributed by atoms with Gasteiger partial charge in [0.25, 0.3) is 0 Å². The number of para-hydroxylation sites is 2. The van der Waals surface area contributed by atoms with Crippen molar-refractivity contribution in [2.75, 3.05) is 0 Å². The highest BCUT2D eigenvalue weighted by molar-refractivity contribution is 6.12. The summed E-state index contributed by atoms with van der Waals surface area (Å²) in [5, 5.41) is 1.72. The van der Waals surface area contributed by atoms with E-state index in [1.54, 1.807) is 26.8 Å². The summed E-state index contributed by atoms with van der Waals surface area (Å²) < 4.78 is 83.0. The third-order valence-corrected chi connectivity index (χ3v) is 6.52. The summed E-state index contributed by atoms with van der Waals surface area (Å²) in [5.74, 6) is 0. The van der Waals surface area contributed by atoms with E-state index in [4.69, 9.17) is 16.8 Å². The second-order valence-corrected chi connectivity index (χ2v) is 10.5. The molecule has 38 heavy (non-hydrogen) atoms. The van der Waals surface area contributed by atoms with Crippen LogP contribution in [0.1, 0.15) is 49.8 Å². The van der Waals surface area contributed by atoms with E-state index in [0.717, 1.165) is 21.9 Å². The fraction of sp³-hybridized carbons (Fsp3) is 0.194. The summed E-state index contributed by atoms with van der Waals surface area (Å²) in [6.45, 7) is -0.375. The average molecular weight is 505 g/mol. The predicted octanol–water partition coefficient (Wildman–Crippen LogP) is 10.2. The Hall–Kier alpha value is -4.17. The number of furan rings is 1. The minimum absolute atomic E-state index is 0.0204. The summed E-state index contributed by atoms with van der Waals surface area (Å²) >= 11 is 0. The minimum Gasteiger partial charge on any atom is -0.455 e. The lowest BCUT2D eigenvalue weighted by molar-refractivity contribution is 0.411. The maximum Gasteiger partial charge on any atom is 0.144 e. The van der Waals surface area contributed by atoms with Crippen LogP contribution in [0, 0.1) is 19.1 Å². The third kappa shape index (κ3) is 4.41. The average Bonchev–Trinajstić information content (AvgIpc) is 3.38. The SMILES string of the molecule is [2H]c1cc(C([2H])([2H])C(C)(C)C)cc(C([2H])([2H])[2H])c1-c1cc(-c2cccc3c2oc2c(-c4ccccc4)cccc23)ncc1C([2H])([2H])[2H]. The first kappa shape index (κ1) is 15.9. The van der Waals surface area contributed by atoms with E-state index in [1.807, 2.05) is 60.7 Å². The molecule has 4 aromatic carbocycles. The van der Waals surface area contributed by atoms with E-state index < -0.39 is 25.5 Å². The Balaban J connectivity index is 1.63. The monoisotopic (exact) mass is 504 g/mol. The van der Waals surface area contributed by atoms with E-state index in [0.29, 0.717) is 22.4 Å². The molecule has 0 aliphatic rings. The van der Waals surface area contributed by atoms with Crippen LogP contribution in [0.3, 0.4) is 0 Å². The molecule has 2 heterocycles. The van der Waals surface area contributed by atoms with Gasteiger partial charge < -0.3 is 4.42 Å². The molecule has 0 N–H and O–H groups in total. The van der Waals surface area contributed by atoms with Gasteiger partial charge in [-0.3, -0.25) is 4.98 Å². The van der Waals surface area contributed by atoms with Gasteiger partial charge in [-0.1, -0.05) is 99.6 Å². The first-order chi connectivity index (χ1) is 21.9. The topological polar surface area (TPSA) is 26.0 Å². The van der Waals surface area contributed by atoms with Crippen LogP contribution in [0.25, 0.3) is 55.4 Å². The van der Waals surface area contributed by atoms with Gasteiger partial charge in [0.2, 0.25) is 0 Å². The normalized spacial score (nSPS) is 16.4. The van der Waals surface area contributed by atoms with E-state index in [2.05, 4.69) is 4.98 Å². The first-order valence-corrected chi connectivity index (χ1v) is 12.6. The van der Waals surface area contributed by atoms with Crippen LogP contribution in [-0.2, 0) is 6.37 Å². The molecule has 0 amide bonds. The first-order valence-electron chi connectivity index (χ1n) is 17.1. The highest BCUT2D eigenvalue weighted by atomic mass is 16.3. The van der Waals surface area contributed by atoms with Crippen LogP contribution < -0.4 is 0 Å². The van der Waals surface area contributed by atoms with Crippen LogP contribution in [0.2, 0.25) is 0 Å². The highest BCUT2D eigenvalue weighted by Crippen LogP contribution is 2.40. The van der Waals surface area contributed by atoms with Gasteiger partial charge >= 0.3 is 0 Å². The van der Waals surface area contributed by atoms with E-state index in [-0.39, 0.29) is 33.9 Å². The van der Waals surface area contributed by atoms with Crippen molar-refractivity contribution in [3.8, 4) is 33.5 Å². The molecule has 6 aromatic rings. The fourth-order valence-corrected chi connectivity index (χ4v) is 4.90. The lowest BCUT2D eigenvalue weighted by Gasteiger charge is -2.19. The molecule has 0 bridgehead atoms. The Kier molecular flexibility index (Phi) is 3.90. The molecule has 2 heteroatoms. The van der Waals surface area contributed by atoms with Gasteiger partial charge in [0, 0.05) is 39.1 Å². The Labute approximate surface area is 237 Å². The molecule has 0 radical (unpaired) electrons. The number of hydrogen-bond donors (Lipinski definition) is 0. The van der Waals surface area contributed by atoms with Crippen molar-refractivity contribution >= 4 is 21.9 Å². The number of nitrogens with zero attached hydrogens (tertiary/aromatic N) is 1. The summed E-state index contributed by atoms with van der Waals surface area (Å²) in [4.78, 5) is 4.53. The van der Waals surface area contributed by atoms with Gasteiger partial charge in [-0.15, -0.1) is 0 Å². The Morgan fingerprint density at radius 1 is 0.763 bits per heavy atom. The van der Waals surface area contributed by atoms with Crippen molar-refractivity contribution in [1.82, 2.24) is 4.98 Å². The second-order valence-electron chi connectivity index (χ2n) is 10.5. The summed E-state index contributed by atoms with van der Waals surface area (Å²) in [5.41, 5.74) is 2.55. The molecule has 0 atom stereocenters. The molecule has 0 fully saturated rings. The number of aryl methyl sites for hydroxylation is 2. The molecule has 0 aliphatic heterocycles. The molecule has 2 aromatic heterocycles. The Morgan fingerprint density at radius 2 is 1.47 bits per heavy atom. The zero-order valence-electron chi connectivity index (χ0n) is 30.5. The molecular formula is C36H33NO. The number of aromatic nitrogens is 1. The van der Waals surface area contributed by atoms with Gasteiger partial charge in [-0.05, 0) is 71.0 Å². The second kappa shape index (κ2) is 9.29. The lowest BCUT2D eigenvalue weighted by atomic mass is 9.86. The summed E-state index contributed by atoms with van der Waals surface area (Å²) in [6.07, 6.45) is -0.771. The number of benzene rings is 4. The van der Waals surface area contributed by atoms with Gasteiger partial charge in [-0.2, -0.15) is 0 Å². The maximum atomic E-state index is 9.00. The molecule has 2 nitrogen and oxygen atoms in total. The van der Waals surface area contributed by atoms with Gasteiger partial charge in [-0.25, -0.2) is 0 Å². The van der Waals surface area contributed by atoms with Crippen LogP contribution in [0.4, 0.5) is 0 Å². The van der Waals surface area contributed by atoms with Gasteiger partial charge in [0.15, 0.2) is 0 Å². The molecule has 0 unspecified atom stereocenters. The van der Waals surface area contributed by atoms with Crippen molar-refractivity contribution in [3.63, 3.8) is 0 Å². The highest BCUT2D eigenvalue weighted by Gasteiger charge is 2.18. The van der Waals surface area contributed by atoms with Crippen molar-refractivity contribution < 1.29 is 16.8 Å². The minimum atomic E-state index is -2.78. The lowest BCUT2D eigenvalue weighted by Crippen LogP contribution is -2.09. The summed E-state index contributed by atoms with van der Waals surface area (Å²) in [7, 11) is 0. The van der Waals surface area contributed by atoms with Crippen molar-refractivity contribution in [2.45, 2.75) is 40.8 Å². The van der Waals surface area contributed by atoms with E-state index in [1.165, 1.54) is 24.4 Å². The Bertz CT molecular complexity index is 2140. The number of hydrogen-bond acceptors (Lipinski definition) is 2. The third-order valence-electron chi connectivity index (χ3n) is 6.52. The van der Waals surface area contributed by atoms with Crippen molar-refractivity contribution in [3.05, 3.63) is 114 Å². The van der Waals surface area contributed by atoms with E-state index >= 15 is 0 Å². The van der Waals surface area contributed by atoms with Crippen LogP contribution >= 0.6 is 0 Å². The van der Waals surface area contributed by atoms with Crippen LogP contribution in [0.15, 0.2) is 102 Å². The van der Waals surface area contributed by atoms with E-state index in [9.17, 15) is 0 Å². The summed E-state index contributed by atoms with van der Waals surface area (Å²) in [6, 6.07) is 25.1. The maximum absolute atomic E-state index is 9.00. The molecule has 0 saturated carbocycles. The predicted molar refractivity (Wildman–Crippen MR) is 160 cm³/mol. The zero-order chi connectivity index (χ0) is 34.1. The fourth-order valence-electron chi connectivity index (χ4n) is 4.90. The molecule has 188 valence electrons. The van der Waals surface area contributed by atoms with Crippen LogP contribution in [0.5, 0.6) is 0 Å². The van der Waals surface area contributed by atoms with Crippen molar-refractivity contribution in [1.29, 1.82) is 0 Å². The van der Waals surface area contributed by atoms with Crippen LogP contribution in [-0.4, -0.2) is 4.98 Å². The molecule has 0 aliphatic carbocycles. The largest absolute Gasteiger partial charge is 0.455 e. The molecule has 0 saturated heterocycles. The number of pyridine rings is 1.